The molecule has 0 saturated carbocycles. The summed E-state index contributed by atoms with van der Waals surface area (Å²) in [6.07, 6.45) is 0.905. The molecule has 1 fully saturated rings. The average Bonchev–Trinajstić information content (AvgIpc) is 3.09. The van der Waals surface area contributed by atoms with Gasteiger partial charge in [-0.1, -0.05) is 18.2 Å². The largest absolute Gasteiger partial charge is 0.371 e. The highest BCUT2D eigenvalue weighted by molar-refractivity contribution is 7.89. The van der Waals surface area contributed by atoms with Crippen LogP contribution in [-0.4, -0.2) is 36.5 Å². The average molecular weight is 396 g/mol. The molecule has 1 aliphatic heterocycles. The Balaban J connectivity index is 1.60. The van der Waals surface area contributed by atoms with Gasteiger partial charge in [-0.2, -0.15) is 0 Å². The van der Waals surface area contributed by atoms with E-state index in [1.807, 2.05) is 30.3 Å². The molecule has 1 unspecified atom stereocenters. The molecule has 7 nitrogen and oxygen atoms in total. The van der Waals surface area contributed by atoms with Gasteiger partial charge in [0.15, 0.2) is 0 Å². The number of primary sulfonamides is 1. The third-order valence-electron chi connectivity index (χ3n) is 4.43. The van der Waals surface area contributed by atoms with Crippen molar-refractivity contribution in [3.63, 3.8) is 0 Å². The fourth-order valence-corrected chi connectivity index (χ4v) is 4.62. The Kier molecular flexibility index (Phi) is 5.33. The highest BCUT2D eigenvalue weighted by atomic mass is 32.2. The lowest BCUT2D eigenvalue weighted by Crippen LogP contribution is -2.31. The van der Waals surface area contributed by atoms with Gasteiger partial charge in [0, 0.05) is 25.3 Å². The molecule has 0 amide bonds. The zero-order valence-corrected chi connectivity index (χ0v) is 15.7. The number of hydrogen-bond donors (Lipinski definition) is 2. The lowest BCUT2D eigenvalue weighted by molar-refractivity contribution is 0.541. The van der Waals surface area contributed by atoms with Gasteiger partial charge in [0.2, 0.25) is 20.0 Å². The van der Waals surface area contributed by atoms with Crippen molar-refractivity contribution in [2.75, 3.05) is 24.5 Å². The summed E-state index contributed by atoms with van der Waals surface area (Å²) >= 11 is 0. The zero-order valence-electron chi connectivity index (χ0n) is 14.1. The monoisotopic (exact) mass is 395 g/mol. The van der Waals surface area contributed by atoms with Gasteiger partial charge in [0.05, 0.1) is 9.79 Å². The van der Waals surface area contributed by atoms with Gasteiger partial charge >= 0.3 is 0 Å². The van der Waals surface area contributed by atoms with Crippen molar-refractivity contribution < 1.29 is 16.8 Å². The van der Waals surface area contributed by atoms with E-state index in [0.29, 0.717) is 6.54 Å². The van der Waals surface area contributed by atoms with Crippen molar-refractivity contribution in [3.8, 4) is 0 Å². The van der Waals surface area contributed by atoms with Crippen molar-refractivity contribution in [2.24, 2.45) is 11.1 Å². The van der Waals surface area contributed by atoms with Gasteiger partial charge in [-0.05, 0) is 48.7 Å². The van der Waals surface area contributed by atoms with E-state index in [-0.39, 0.29) is 15.7 Å². The van der Waals surface area contributed by atoms with E-state index in [1.165, 1.54) is 24.3 Å². The van der Waals surface area contributed by atoms with Gasteiger partial charge in [0.25, 0.3) is 0 Å². The topological polar surface area (TPSA) is 110 Å². The summed E-state index contributed by atoms with van der Waals surface area (Å²) in [6.45, 7) is 2.01. The Labute approximate surface area is 153 Å². The molecule has 0 bridgehead atoms. The first-order valence-electron chi connectivity index (χ1n) is 8.18. The number of nitrogens with one attached hydrogen (secondary N) is 1. The number of rotatable bonds is 6. The number of para-hydroxylation sites is 1. The summed E-state index contributed by atoms with van der Waals surface area (Å²) in [5.41, 5.74) is 1.14. The van der Waals surface area contributed by atoms with Gasteiger partial charge in [-0.3, -0.25) is 0 Å². The number of sulfonamides is 2. The summed E-state index contributed by atoms with van der Waals surface area (Å²) in [6, 6.07) is 14.9. The van der Waals surface area contributed by atoms with Crippen LogP contribution in [0.25, 0.3) is 0 Å². The van der Waals surface area contributed by atoms with Crippen molar-refractivity contribution in [1.29, 1.82) is 0 Å². The summed E-state index contributed by atoms with van der Waals surface area (Å²) in [4.78, 5) is 2.13. The van der Waals surface area contributed by atoms with E-state index in [9.17, 15) is 16.8 Å². The van der Waals surface area contributed by atoms with Gasteiger partial charge in [0.1, 0.15) is 0 Å². The zero-order chi connectivity index (χ0) is 18.8. The molecule has 9 heteroatoms. The van der Waals surface area contributed by atoms with Gasteiger partial charge < -0.3 is 4.90 Å². The van der Waals surface area contributed by atoms with Gasteiger partial charge in [-0.25, -0.2) is 26.7 Å². The van der Waals surface area contributed by atoms with Crippen molar-refractivity contribution in [3.05, 3.63) is 54.6 Å². The van der Waals surface area contributed by atoms with Crippen LogP contribution in [0.2, 0.25) is 0 Å². The second-order valence-electron chi connectivity index (χ2n) is 6.30. The smallest absolute Gasteiger partial charge is 0.240 e. The van der Waals surface area contributed by atoms with Crippen LogP contribution in [0.3, 0.4) is 0 Å². The molecule has 0 spiro atoms. The second-order valence-corrected chi connectivity index (χ2v) is 9.63. The highest BCUT2D eigenvalue weighted by Crippen LogP contribution is 2.23. The predicted molar refractivity (Wildman–Crippen MR) is 99.8 cm³/mol. The maximum absolute atomic E-state index is 12.4. The van der Waals surface area contributed by atoms with E-state index in [0.717, 1.165) is 25.2 Å². The van der Waals surface area contributed by atoms with Crippen LogP contribution < -0.4 is 14.8 Å². The molecule has 2 aromatic carbocycles. The van der Waals surface area contributed by atoms with Crippen LogP contribution in [0.1, 0.15) is 6.42 Å². The van der Waals surface area contributed by atoms with Crippen LogP contribution in [0.4, 0.5) is 5.69 Å². The first-order chi connectivity index (χ1) is 12.3. The molecule has 1 aliphatic rings. The maximum atomic E-state index is 12.4. The minimum absolute atomic E-state index is 0.0165. The Hall–Kier alpha value is -1.94. The van der Waals surface area contributed by atoms with Crippen LogP contribution in [0.15, 0.2) is 64.4 Å². The molecule has 140 valence electrons. The number of hydrogen-bond acceptors (Lipinski definition) is 5. The van der Waals surface area contributed by atoms with Gasteiger partial charge in [-0.15, -0.1) is 0 Å². The third-order valence-corrected chi connectivity index (χ3v) is 6.80. The summed E-state index contributed by atoms with van der Waals surface area (Å²) in [7, 11) is -7.54. The fourth-order valence-electron chi connectivity index (χ4n) is 2.99. The van der Waals surface area contributed by atoms with E-state index < -0.39 is 20.0 Å². The fraction of sp³-hybridized carbons (Fsp3) is 0.294. The molecule has 2 aromatic rings. The Morgan fingerprint density at radius 3 is 2.19 bits per heavy atom. The highest BCUT2D eigenvalue weighted by Gasteiger charge is 2.25. The van der Waals surface area contributed by atoms with Crippen LogP contribution in [0.5, 0.6) is 0 Å². The Morgan fingerprint density at radius 1 is 0.962 bits per heavy atom. The third kappa shape index (κ3) is 4.42. The van der Waals surface area contributed by atoms with E-state index in [1.54, 1.807) is 0 Å². The normalized spacial score (nSPS) is 18.2. The van der Waals surface area contributed by atoms with E-state index >= 15 is 0 Å². The van der Waals surface area contributed by atoms with Crippen molar-refractivity contribution in [2.45, 2.75) is 16.2 Å². The summed E-state index contributed by atoms with van der Waals surface area (Å²) in [5, 5.41) is 5.02. The molecule has 3 N–H and O–H groups in total. The standard InChI is InChI=1S/C17H21N3O4S2/c18-25(21,22)16-6-8-17(9-7-16)26(23,24)19-12-14-10-11-20(13-14)15-4-2-1-3-5-15/h1-9,14,19H,10-13H2,(H2,18,21,22). The summed E-state index contributed by atoms with van der Waals surface area (Å²) < 4.78 is 49.9. The molecule has 26 heavy (non-hydrogen) atoms. The van der Waals surface area contributed by atoms with Crippen LogP contribution in [0, 0.1) is 5.92 Å². The van der Waals surface area contributed by atoms with Crippen molar-refractivity contribution >= 4 is 25.7 Å². The quantitative estimate of drug-likeness (QED) is 0.762. The maximum Gasteiger partial charge on any atom is 0.240 e. The number of anilines is 1. The van der Waals surface area contributed by atoms with Crippen LogP contribution in [-0.2, 0) is 20.0 Å². The number of nitrogens with zero attached hydrogens (tertiary/aromatic N) is 1. The van der Waals surface area contributed by atoms with E-state index in [2.05, 4.69) is 9.62 Å². The molecule has 1 saturated heterocycles. The lowest BCUT2D eigenvalue weighted by atomic mass is 10.1. The molecular formula is C17H21N3O4S2. The minimum atomic E-state index is -3.84. The van der Waals surface area contributed by atoms with E-state index in [4.69, 9.17) is 5.14 Å². The number of benzene rings is 2. The molecule has 0 aromatic heterocycles. The molecule has 1 atom stereocenters. The lowest BCUT2D eigenvalue weighted by Gasteiger charge is -2.18. The molecule has 0 aliphatic carbocycles. The molecule has 0 radical (unpaired) electrons. The Morgan fingerprint density at radius 2 is 1.58 bits per heavy atom. The predicted octanol–water partition coefficient (Wildman–Crippen LogP) is 1.14. The molecule has 1 heterocycles. The first kappa shape index (κ1) is 18.8. The second kappa shape index (κ2) is 7.36. The molecular weight excluding hydrogens is 374 g/mol. The minimum Gasteiger partial charge on any atom is -0.371 e. The molecule has 3 rings (SSSR count). The first-order valence-corrected chi connectivity index (χ1v) is 11.2. The van der Waals surface area contributed by atoms with Crippen LogP contribution >= 0.6 is 0 Å². The Bertz CT molecular complexity index is 959. The summed E-state index contributed by atoms with van der Waals surface area (Å²) in [5.74, 6) is 0.216. The SMILES string of the molecule is NS(=O)(=O)c1ccc(S(=O)(=O)NCC2CCN(c3ccccc3)C2)cc1. The number of nitrogens with two attached hydrogens (primary N) is 1. The van der Waals surface area contributed by atoms with Crippen molar-refractivity contribution in [1.82, 2.24) is 4.72 Å².